The normalized spacial score (nSPS) is 13.9. The Morgan fingerprint density at radius 1 is 1.32 bits per heavy atom. The number of hydrogen-bond acceptors (Lipinski definition) is 4. The number of carbonyl (C=O) groups excluding carboxylic acids is 2. The van der Waals surface area contributed by atoms with Crippen molar-refractivity contribution < 1.29 is 14.3 Å². The zero-order valence-electron chi connectivity index (χ0n) is 11.0. The van der Waals surface area contributed by atoms with Gasteiger partial charge in [0.15, 0.2) is 6.61 Å². The summed E-state index contributed by atoms with van der Waals surface area (Å²) in [4.78, 5) is 25.4. The number of nitrogen functional groups attached to an aromatic ring is 1. The van der Waals surface area contributed by atoms with Crippen LogP contribution in [0.4, 0.5) is 5.69 Å². The Kier molecular flexibility index (Phi) is 4.04. The maximum atomic E-state index is 11.9. The van der Waals surface area contributed by atoms with Crippen molar-refractivity contribution >= 4 is 17.6 Å². The van der Waals surface area contributed by atoms with Gasteiger partial charge in [-0.1, -0.05) is 0 Å². The van der Waals surface area contributed by atoms with Crippen molar-refractivity contribution in [3.63, 3.8) is 0 Å². The van der Waals surface area contributed by atoms with E-state index in [1.54, 1.807) is 29.2 Å². The Morgan fingerprint density at radius 2 is 1.95 bits per heavy atom. The number of hydrogen-bond donors (Lipinski definition) is 1. The number of anilines is 1. The topological polar surface area (TPSA) is 72.6 Å². The van der Waals surface area contributed by atoms with Crippen molar-refractivity contribution in [2.24, 2.45) is 0 Å². The molecule has 0 aliphatic heterocycles. The molecule has 0 unspecified atom stereocenters. The number of nitrogens with two attached hydrogens (primary N) is 1. The van der Waals surface area contributed by atoms with Crippen LogP contribution in [0.15, 0.2) is 24.3 Å². The van der Waals surface area contributed by atoms with Gasteiger partial charge in [-0.05, 0) is 44.0 Å². The molecule has 5 nitrogen and oxygen atoms in total. The van der Waals surface area contributed by atoms with Crippen molar-refractivity contribution in [2.75, 3.05) is 18.9 Å². The van der Waals surface area contributed by atoms with Gasteiger partial charge in [-0.3, -0.25) is 4.79 Å². The summed E-state index contributed by atoms with van der Waals surface area (Å²) in [6.07, 6.45) is 2.09. The number of amides is 1. The standard InChI is InChI=1S/C14H18N2O3/c1-2-16(12-7-8-12)13(17)9-19-14(18)10-3-5-11(15)6-4-10/h3-6,12H,2,7-9,15H2,1H3. The second-order valence-electron chi connectivity index (χ2n) is 4.61. The molecule has 1 saturated carbocycles. The van der Waals surface area contributed by atoms with Gasteiger partial charge in [-0.2, -0.15) is 0 Å². The van der Waals surface area contributed by atoms with Crippen LogP contribution >= 0.6 is 0 Å². The van der Waals surface area contributed by atoms with E-state index in [-0.39, 0.29) is 12.5 Å². The Hall–Kier alpha value is -2.04. The molecule has 5 heteroatoms. The summed E-state index contributed by atoms with van der Waals surface area (Å²) in [5.41, 5.74) is 6.52. The molecule has 0 aromatic heterocycles. The zero-order chi connectivity index (χ0) is 13.8. The van der Waals surface area contributed by atoms with E-state index in [1.165, 1.54) is 0 Å². The van der Waals surface area contributed by atoms with Crippen molar-refractivity contribution in [3.8, 4) is 0 Å². The molecule has 102 valence electrons. The van der Waals surface area contributed by atoms with Gasteiger partial charge in [0.1, 0.15) is 0 Å². The molecular formula is C14H18N2O3. The zero-order valence-corrected chi connectivity index (χ0v) is 11.0. The number of benzene rings is 1. The van der Waals surface area contributed by atoms with Crippen molar-refractivity contribution in [1.82, 2.24) is 4.90 Å². The number of nitrogens with zero attached hydrogens (tertiary/aromatic N) is 1. The molecule has 2 N–H and O–H groups in total. The van der Waals surface area contributed by atoms with Gasteiger partial charge in [0, 0.05) is 18.3 Å². The third kappa shape index (κ3) is 3.47. The molecule has 19 heavy (non-hydrogen) atoms. The lowest BCUT2D eigenvalue weighted by molar-refractivity contribution is -0.134. The summed E-state index contributed by atoms with van der Waals surface area (Å²) in [7, 11) is 0. The highest BCUT2D eigenvalue weighted by atomic mass is 16.5. The van der Waals surface area contributed by atoms with Gasteiger partial charge in [-0.15, -0.1) is 0 Å². The second-order valence-corrected chi connectivity index (χ2v) is 4.61. The first-order valence-electron chi connectivity index (χ1n) is 6.44. The van der Waals surface area contributed by atoms with E-state index in [9.17, 15) is 9.59 Å². The molecule has 1 amide bonds. The minimum atomic E-state index is -0.500. The van der Waals surface area contributed by atoms with E-state index in [4.69, 9.17) is 10.5 Å². The summed E-state index contributed by atoms with van der Waals surface area (Å²) in [6, 6.07) is 6.76. The van der Waals surface area contributed by atoms with Crippen LogP contribution in [0.3, 0.4) is 0 Å². The molecular weight excluding hydrogens is 244 g/mol. The number of ether oxygens (including phenoxy) is 1. The minimum Gasteiger partial charge on any atom is -0.452 e. The molecule has 1 aliphatic carbocycles. The highest BCUT2D eigenvalue weighted by molar-refractivity contribution is 5.91. The lowest BCUT2D eigenvalue weighted by atomic mass is 10.2. The summed E-state index contributed by atoms with van der Waals surface area (Å²) < 4.78 is 5.02. The van der Waals surface area contributed by atoms with E-state index in [1.807, 2.05) is 6.92 Å². The van der Waals surface area contributed by atoms with Crippen LogP contribution in [0.2, 0.25) is 0 Å². The summed E-state index contributed by atoms with van der Waals surface area (Å²) >= 11 is 0. The predicted molar refractivity (Wildman–Crippen MR) is 71.5 cm³/mol. The lowest BCUT2D eigenvalue weighted by Gasteiger charge is -2.19. The first-order valence-corrected chi connectivity index (χ1v) is 6.44. The molecule has 1 aromatic carbocycles. The van der Waals surface area contributed by atoms with Crippen LogP contribution in [0.5, 0.6) is 0 Å². The highest BCUT2D eigenvalue weighted by Gasteiger charge is 2.31. The van der Waals surface area contributed by atoms with Crippen LogP contribution in [0.1, 0.15) is 30.1 Å². The molecule has 0 bridgehead atoms. The number of carbonyl (C=O) groups is 2. The van der Waals surface area contributed by atoms with Crippen molar-refractivity contribution in [1.29, 1.82) is 0 Å². The van der Waals surface area contributed by atoms with Crippen LogP contribution in [-0.2, 0) is 9.53 Å². The molecule has 1 aromatic rings. The summed E-state index contributed by atoms with van der Waals surface area (Å²) in [5, 5.41) is 0. The molecule has 0 saturated heterocycles. The van der Waals surface area contributed by atoms with Crippen LogP contribution in [0, 0.1) is 0 Å². The van der Waals surface area contributed by atoms with E-state index in [0.29, 0.717) is 23.8 Å². The highest BCUT2D eigenvalue weighted by Crippen LogP contribution is 2.26. The van der Waals surface area contributed by atoms with Crippen molar-refractivity contribution in [2.45, 2.75) is 25.8 Å². The van der Waals surface area contributed by atoms with Crippen molar-refractivity contribution in [3.05, 3.63) is 29.8 Å². The lowest BCUT2D eigenvalue weighted by Crippen LogP contribution is -2.36. The molecule has 1 aliphatic rings. The SMILES string of the molecule is CCN(C(=O)COC(=O)c1ccc(N)cc1)C1CC1. The Labute approximate surface area is 112 Å². The van der Waals surface area contributed by atoms with Crippen LogP contribution in [0.25, 0.3) is 0 Å². The maximum absolute atomic E-state index is 11.9. The number of likely N-dealkylation sites (N-methyl/N-ethyl adjacent to an activating group) is 1. The smallest absolute Gasteiger partial charge is 0.338 e. The number of esters is 1. The Bertz CT molecular complexity index is 466. The summed E-state index contributed by atoms with van der Waals surface area (Å²) in [5.74, 6) is -0.631. The largest absolute Gasteiger partial charge is 0.452 e. The maximum Gasteiger partial charge on any atom is 0.338 e. The quantitative estimate of drug-likeness (QED) is 0.643. The van der Waals surface area contributed by atoms with Crippen LogP contribution in [-0.4, -0.2) is 36.0 Å². The Balaban J connectivity index is 1.85. The molecule has 0 heterocycles. The Morgan fingerprint density at radius 3 is 2.47 bits per heavy atom. The fourth-order valence-corrected chi connectivity index (χ4v) is 1.94. The molecule has 0 atom stereocenters. The molecule has 0 radical (unpaired) electrons. The second kappa shape index (κ2) is 5.73. The summed E-state index contributed by atoms with van der Waals surface area (Å²) in [6.45, 7) is 2.38. The van der Waals surface area contributed by atoms with Gasteiger partial charge in [0.05, 0.1) is 5.56 Å². The van der Waals surface area contributed by atoms with Gasteiger partial charge < -0.3 is 15.4 Å². The number of rotatable bonds is 5. The third-order valence-corrected chi connectivity index (χ3v) is 3.12. The van der Waals surface area contributed by atoms with Gasteiger partial charge >= 0.3 is 5.97 Å². The van der Waals surface area contributed by atoms with Gasteiger partial charge in [0.2, 0.25) is 0 Å². The van der Waals surface area contributed by atoms with E-state index in [0.717, 1.165) is 12.8 Å². The predicted octanol–water partition coefficient (Wildman–Crippen LogP) is 1.44. The molecule has 1 fully saturated rings. The monoisotopic (exact) mass is 262 g/mol. The van der Waals surface area contributed by atoms with E-state index in [2.05, 4.69) is 0 Å². The van der Waals surface area contributed by atoms with Crippen LogP contribution < -0.4 is 5.73 Å². The fourth-order valence-electron chi connectivity index (χ4n) is 1.94. The average Bonchev–Trinajstić information content (AvgIpc) is 3.22. The molecule has 0 spiro atoms. The van der Waals surface area contributed by atoms with E-state index < -0.39 is 5.97 Å². The average molecular weight is 262 g/mol. The first kappa shape index (κ1) is 13.4. The van der Waals surface area contributed by atoms with Gasteiger partial charge in [-0.25, -0.2) is 4.79 Å². The third-order valence-electron chi connectivity index (χ3n) is 3.12. The molecule has 2 rings (SSSR count). The van der Waals surface area contributed by atoms with E-state index >= 15 is 0 Å². The fraction of sp³-hybridized carbons (Fsp3) is 0.429. The first-order chi connectivity index (χ1) is 9.11. The minimum absolute atomic E-state index is 0.131. The van der Waals surface area contributed by atoms with Gasteiger partial charge in [0.25, 0.3) is 5.91 Å².